The van der Waals surface area contributed by atoms with Crippen molar-refractivity contribution in [3.8, 4) is 0 Å². The van der Waals surface area contributed by atoms with Gasteiger partial charge in [-0.05, 0) is 26.0 Å². The van der Waals surface area contributed by atoms with Crippen LogP contribution in [0.25, 0.3) is 26.3 Å². The maximum atomic E-state index is 12.6. The number of furan rings is 1. The first-order valence-electron chi connectivity index (χ1n) is 9.11. The number of rotatable bonds is 5. The number of H-pyrrole nitrogens is 1. The molecular formula is C19H15N5O4S2. The van der Waals surface area contributed by atoms with Crippen molar-refractivity contribution in [1.82, 2.24) is 24.6 Å². The Morgan fingerprint density at radius 2 is 2.17 bits per heavy atom. The number of aromatic nitrogens is 5. The summed E-state index contributed by atoms with van der Waals surface area (Å²) in [6, 6.07) is 8.01. The van der Waals surface area contributed by atoms with E-state index in [2.05, 4.69) is 20.2 Å². The molecule has 0 saturated heterocycles. The van der Waals surface area contributed by atoms with Gasteiger partial charge in [-0.2, -0.15) is 4.98 Å². The minimum Gasteiger partial charge on any atom is -0.462 e. The molecule has 0 fully saturated rings. The van der Waals surface area contributed by atoms with E-state index in [4.69, 9.17) is 9.15 Å². The minimum absolute atomic E-state index is 0.105. The lowest BCUT2D eigenvalue weighted by Crippen LogP contribution is -2.14. The Kier molecular flexibility index (Phi) is 4.55. The molecule has 1 N–H and O–H groups in total. The van der Waals surface area contributed by atoms with Gasteiger partial charge in [-0.1, -0.05) is 35.2 Å². The summed E-state index contributed by atoms with van der Waals surface area (Å²) in [4.78, 5) is 32.7. The zero-order chi connectivity index (χ0) is 20.8. The molecule has 5 aromatic rings. The molecule has 30 heavy (non-hydrogen) atoms. The van der Waals surface area contributed by atoms with Gasteiger partial charge in [0.05, 0.1) is 22.6 Å². The fourth-order valence-corrected chi connectivity index (χ4v) is 5.10. The van der Waals surface area contributed by atoms with Crippen LogP contribution in [0.5, 0.6) is 0 Å². The van der Waals surface area contributed by atoms with E-state index in [0.29, 0.717) is 22.5 Å². The fourth-order valence-electron chi connectivity index (χ4n) is 3.26. The summed E-state index contributed by atoms with van der Waals surface area (Å²) < 4.78 is 13.7. The Labute approximate surface area is 177 Å². The average Bonchev–Trinajstić information content (AvgIpc) is 3.37. The summed E-state index contributed by atoms with van der Waals surface area (Å²) in [6.07, 6.45) is 0. The molecule has 0 atom stereocenters. The van der Waals surface area contributed by atoms with Crippen LogP contribution in [-0.4, -0.2) is 37.1 Å². The van der Waals surface area contributed by atoms with Crippen LogP contribution in [-0.2, 0) is 10.5 Å². The second-order valence-corrected chi connectivity index (χ2v) is 8.36. The van der Waals surface area contributed by atoms with E-state index in [9.17, 15) is 9.59 Å². The van der Waals surface area contributed by atoms with Crippen LogP contribution in [0, 0.1) is 6.92 Å². The standard InChI is InChI=1S/C19H15N5O4S2/c1-3-27-17(26)13-9(2)28-16-14(13)15(25)20-12(21-16)8-29-18-22-23-19-24(18)10-6-4-5-7-11(10)30-19/h4-7H,3,8H2,1-2H3,(H,20,21,25). The second-order valence-electron chi connectivity index (χ2n) is 6.41. The Bertz CT molecular complexity index is 1480. The number of esters is 1. The third-order valence-corrected chi connectivity index (χ3v) is 6.47. The summed E-state index contributed by atoms with van der Waals surface area (Å²) in [5, 5.41) is 9.29. The molecule has 9 nitrogen and oxygen atoms in total. The molecule has 4 aromatic heterocycles. The Balaban J connectivity index is 1.49. The monoisotopic (exact) mass is 441 g/mol. The van der Waals surface area contributed by atoms with E-state index >= 15 is 0 Å². The van der Waals surface area contributed by atoms with Crippen molar-refractivity contribution in [2.75, 3.05) is 6.61 Å². The maximum Gasteiger partial charge on any atom is 0.342 e. The highest BCUT2D eigenvalue weighted by atomic mass is 32.2. The first-order valence-corrected chi connectivity index (χ1v) is 10.9. The van der Waals surface area contributed by atoms with Crippen LogP contribution in [0.4, 0.5) is 0 Å². The van der Waals surface area contributed by atoms with Gasteiger partial charge in [0.1, 0.15) is 22.5 Å². The number of para-hydroxylation sites is 1. The predicted octanol–water partition coefficient (Wildman–Crippen LogP) is 3.55. The number of hydrogen-bond donors (Lipinski definition) is 1. The van der Waals surface area contributed by atoms with Gasteiger partial charge in [-0.25, -0.2) is 4.79 Å². The van der Waals surface area contributed by atoms with E-state index in [1.54, 1.807) is 25.2 Å². The van der Waals surface area contributed by atoms with E-state index < -0.39 is 11.5 Å². The zero-order valence-electron chi connectivity index (χ0n) is 16.0. The number of fused-ring (bicyclic) bond motifs is 4. The molecule has 0 aliphatic heterocycles. The third-order valence-electron chi connectivity index (χ3n) is 4.52. The molecule has 152 valence electrons. The number of thiazole rings is 1. The van der Waals surface area contributed by atoms with Gasteiger partial charge in [0.2, 0.25) is 10.7 Å². The van der Waals surface area contributed by atoms with Gasteiger partial charge >= 0.3 is 5.97 Å². The van der Waals surface area contributed by atoms with Crippen molar-refractivity contribution in [1.29, 1.82) is 0 Å². The summed E-state index contributed by atoms with van der Waals surface area (Å²) >= 11 is 2.97. The molecule has 0 saturated carbocycles. The van der Waals surface area contributed by atoms with Crippen LogP contribution in [0.2, 0.25) is 0 Å². The fraction of sp³-hybridized carbons (Fsp3) is 0.211. The minimum atomic E-state index is -0.599. The molecular weight excluding hydrogens is 426 g/mol. The number of benzene rings is 1. The number of ether oxygens (including phenoxy) is 1. The van der Waals surface area contributed by atoms with E-state index in [0.717, 1.165) is 15.2 Å². The normalized spacial score (nSPS) is 11.7. The van der Waals surface area contributed by atoms with Crippen LogP contribution >= 0.6 is 23.1 Å². The lowest BCUT2D eigenvalue weighted by atomic mass is 10.2. The van der Waals surface area contributed by atoms with Crippen molar-refractivity contribution in [3.63, 3.8) is 0 Å². The number of carbonyl (C=O) groups excluding carboxylic acids is 1. The molecule has 0 radical (unpaired) electrons. The first kappa shape index (κ1) is 18.8. The summed E-state index contributed by atoms with van der Waals surface area (Å²) in [5.74, 6) is 0.469. The van der Waals surface area contributed by atoms with Crippen LogP contribution in [0.1, 0.15) is 28.9 Å². The number of hydrogen-bond acceptors (Lipinski definition) is 9. The average molecular weight is 441 g/mol. The van der Waals surface area contributed by atoms with Gasteiger partial charge in [0, 0.05) is 0 Å². The van der Waals surface area contributed by atoms with E-state index in [-0.39, 0.29) is 23.3 Å². The number of aromatic amines is 1. The van der Waals surface area contributed by atoms with Crippen molar-refractivity contribution < 1.29 is 13.9 Å². The van der Waals surface area contributed by atoms with Gasteiger partial charge in [-0.3, -0.25) is 9.20 Å². The van der Waals surface area contributed by atoms with Crippen LogP contribution < -0.4 is 5.56 Å². The third kappa shape index (κ3) is 2.97. The van der Waals surface area contributed by atoms with Crippen LogP contribution in [0.3, 0.4) is 0 Å². The van der Waals surface area contributed by atoms with Gasteiger partial charge in [0.25, 0.3) is 5.56 Å². The highest BCUT2D eigenvalue weighted by Crippen LogP contribution is 2.30. The number of carbonyl (C=O) groups is 1. The highest BCUT2D eigenvalue weighted by Gasteiger charge is 2.24. The summed E-state index contributed by atoms with van der Waals surface area (Å²) in [7, 11) is 0. The topological polar surface area (TPSA) is 115 Å². The first-order chi connectivity index (χ1) is 14.6. The Morgan fingerprint density at radius 3 is 3.00 bits per heavy atom. The quantitative estimate of drug-likeness (QED) is 0.325. The molecule has 0 unspecified atom stereocenters. The molecule has 0 spiro atoms. The Morgan fingerprint density at radius 1 is 1.33 bits per heavy atom. The second kappa shape index (κ2) is 7.26. The number of aryl methyl sites for hydroxylation is 1. The van der Waals surface area contributed by atoms with Crippen molar-refractivity contribution in [3.05, 3.63) is 51.8 Å². The van der Waals surface area contributed by atoms with Gasteiger partial charge in [0.15, 0.2) is 5.16 Å². The van der Waals surface area contributed by atoms with E-state index in [1.807, 2.05) is 28.7 Å². The Hall–Kier alpha value is -3.18. The summed E-state index contributed by atoms with van der Waals surface area (Å²) in [6.45, 7) is 3.51. The lowest BCUT2D eigenvalue weighted by Gasteiger charge is -2.01. The van der Waals surface area contributed by atoms with Crippen molar-refractivity contribution in [2.45, 2.75) is 24.8 Å². The smallest absolute Gasteiger partial charge is 0.342 e. The molecule has 1 aromatic carbocycles. The molecule has 0 amide bonds. The molecule has 0 aliphatic rings. The highest BCUT2D eigenvalue weighted by molar-refractivity contribution is 7.98. The SMILES string of the molecule is CCOC(=O)c1c(C)oc2nc(CSc3nnc4sc5ccccc5n34)[nH]c(=O)c12. The number of nitrogens with one attached hydrogen (secondary N) is 1. The lowest BCUT2D eigenvalue weighted by molar-refractivity contribution is 0.0526. The van der Waals surface area contributed by atoms with Gasteiger partial charge < -0.3 is 14.1 Å². The van der Waals surface area contributed by atoms with Crippen molar-refractivity contribution in [2.24, 2.45) is 0 Å². The number of nitrogens with zero attached hydrogens (tertiary/aromatic N) is 4. The van der Waals surface area contributed by atoms with Crippen LogP contribution in [0.15, 0.2) is 38.6 Å². The molecule has 11 heteroatoms. The summed E-state index contributed by atoms with van der Waals surface area (Å²) in [5.41, 5.74) is 0.816. The largest absolute Gasteiger partial charge is 0.462 e. The van der Waals surface area contributed by atoms with Crippen molar-refractivity contribution >= 4 is 55.3 Å². The zero-order valence-corrected chi connectivity index (χ0v) is 17.6. The molecule has 0 aliphatic carbocycles. The van der Waals surface area contributed by atoms with E-state index in [1.165, 1.54) is 11.8 Å². The predicted molar refractivity (Wildman–Crippen MR) is 113 cm³/mol. The molecule has 0 bridgehead atoms. The number of thioether (sulfide) groups is 1. The molecule has 5 rings (SSSR count). The molecule has 4 heterocycles. The van der Waals surface area contributed by atoms with Gasteiger partial charge in [-0.15, -0.1) is 10.2 Å². The maximum absolute atomic E-state index is 12.6.